The first-order valence-corrected chi connectivity index (χ1v) is 6.44. The minimum absolute atomic E-state index is 0.0312. The highest BCUT2D eigenvalue weighted by molar-refractivity contribution is 8.00. The molecule has 1 unspecified atom stereocenters. The number of hydrogen-bond donors (Lipinski definition) is 2. The average molecular weight is 318 g/mol. The number of aromatic carboxylic acids is 1. The van der Waals surface area contributed by atoms with E-state index in [1.165, 1.54) is 30.3 Å². The van der Waals surface area contributed by atoms with Crippen LogP contribution in [0.4, 0.5) is 13.2 Å². The highest BCUT2D eigenvalue weighted by Crippen LogP contribution is 2.37. The molecule has 1 atom stereocenters. The van der Waals surface area contributed by atoms with E-state index in [-0.39, 0.29) is 33.5 Å². The van der Waals surface area contributed by atoms with Crippen LogP contribution in [0.1, 0.15) is 27.8 Å². The van der Waals surface area contributed by atoms with Gasteiger partial charge in [-0.1, -0.05) is 12.1 Å². The summed E-state index contributed by atoms with van der Waals surface area (Å²) in [6.07, 6.45) is -0.244. The summed E-state index contributed by atoms with van der Waals surface area (Å²) in [6, 6.07) is 6.15. The predicted molar refractivity (Wildman–Crippen MR) is 68.1 cm³/mol. The first kappa shape index (κ1) is 15.5. The molecule has 2 N–H and O–H groups in total. The highest BCUT2D eigenvalue weighted by Gasteiger charge is 2.29. The lowest BCUT2D eigenvalue weighted by molar-refractivity contribution is -0.0328. The van der Waals surface area contributed by atoms with Crippen LogP contribution in [0.2, 0.25) is 0 Å². The molecule has 1 aromatic heterocycles. The van der Waals surface area contributed by atoms with E-state index in [9.17, 15) is 23.1 Å². The third kappa shape index (κ3) is 3.79. The number of carboxylic acids is 1. The maximum atomic E-state index is 12.2. The molecule has 0 aliphatic heterocycles. The largest absolute Gasteiger partial charge is 0.478 e. The van der Waals surface area contributed by atoms with Crippen LogP contribution >= 0.6 is 11.8 Å². The molecule has 0 saturated heterocycles. The summed E-state index contributed by atoms with van der Waals surface area (Å²) in [5.74, 6) is -1.43. The Bertz CT molecular complexity index is 634. The van der Waals surface area contributed by atoms with Gasteiger partial charge in [0.2, 0.25) is 0 Å². The van der Waals surface area contributed by atoms with Crippen molar-refractivity contribution in [3.63, 3.8) is 0 Å². The molecule has 1 aromatic carbocycles. The van der Waals surface area contributed by atoms with Gasteiger partial charge in [-0.25, -0.2) is 4.79 Å². The molecule has 0 radical (unpaired) electrons. The third-order valence-corrected chi connectivity index (χ3v) is 3.34. The molecule has 1 heterocycles. The van der Waals surface area contributed by atoms with Gasteiger partial charge in [0.25, 0.3) is 0 Å². The number of alkyl halides is 3. The van der Waals surface area contributed by atoms with Crippen molar-refractivity contribution in [2.45, 2.75) is 16.5 Å². The van der Waals surface area contributed by atoms with E-state index < -0.39 is 17.6 Å². The summed E-state index contributed by atoms with van der Waals surface area (Å²) in [7, 11) is 0. The van der Waals surface area contributed by atoms with Gasteiger partial charge in [-0.15, -0.1) is 0 Å². The second kappa shape index (κ2) is 5.82. The van der Waals surface area contributed by atoms with Gasteiger partial charge in [-0.2, -0.15) is 13.2 Å². The van der Waals surface area contributed by atoms with E-state index in [1.807, 2.05) is 0 Å². The van der Waals surface area contributed by atoms with Gasteiger partial charge < -0.3 is 14.6 Å². The fourth-order valence-corrected chi connectivity index (χ4v) is 2.25. The molecule has 2 aromatic rings. The van der Waals surface area contributed by atoms with Gasteiger partial charge in [0.15, 0.2) is 5.76 Å². The molecule has 2 rings (SSSR count). The van der Waals surface area contributed by atoms with E-state index in [1.54, 1.807) is 0 Å². The summed E-state index contributed by atoms with van der Waals surface area (Å²) in [4.78, 5) is 10.9. The lowest BCUT2D eigenvalue weighted by Crippen LogP contribution is -2.05. The number of carbonyl (C=O) groups is 1. The zero-order valence-electron chi connectivity index (χ0n) is 10.3. The number of halogens is 3. The lowest BCUT2D eigenvalue weighted by Gasteiger charge is -2.11. The lowest BCUT2D eigenvalue weighted by atomic mass is 10.0. The van der Waals surface area contributed by atoms with E-state index in [2.05, 4.69) is 0 Å². The van der Waals surface area contributed by atoms with Gasteiger partial charge in [-0.05, 0) is 35.5 Å². The monoisotopic (exact) mass is 318 g/mol. The third-order valence-electron chi connectivity index (χ3n) is 2.60. The molecular weight excluding hydrogens is 309 g/mol. The molecule has 0 spiro atoms. The van der Waals surface area contributed by atoms with Gasteiger partial charge in [0.05, 0.1) is 6.26 Å². The minimum Gasteiger partial charge on any atom is -0.478 e. The molecule has 0 aliphatic carbocycles. The molecule has 8 heteroatoms. The van der Waals surface area contributed by atoms with Crippen LogP contribution < -0.4 is 0 Å². The number of rotatable bonds is 4. The minimum atomic E-state index is -4.39. The van der Waals surface area contributed by atoms with Crippen LogP contribution in [0.5, 0.6) is 0 Å². The van der Waals surface area contributed by atoms with Crippen LogP contribution in [0.25, 0.3) is 0 Å². The quantitative estimate of drug-likeness (QED) is 0.842. The molecule has 0 aliphatic rings. The zero-order chi connectivity index (χ0) is 15.6. The molecule has 0 amide bonds. The zero-order valence-corrected chi connectivity index (χ0v) is 11.1. The summed E-state index contributed by atoms with van der Waals surface area (Å²) >= 11 is -0.272. The Morgan fingerprint density at radius 1 is 1.19 bits per heavy atom. The van der Waals surface area contributed by atoms with Crippen molar-refractivity contribution in [2.24, 2.45) is 0 Å². The fraction of sp³-hybridized carbons (Fsp3) is 0.154. The molecule has 21 heavy (non-hydrogen) atoms. The second-order valence-corrected chi connectivity index (χ2v) is 5.16. The normalized spacial score (nSPS) is 13.1. The summed E-state index contributed by atoms with van der Waals surface area (Å²) in [5, 5.41) is 19.0. The standard InChI is InChI=1S/C13H9F3O4S/c14-13(15,16)21-8-3-1-7(2-4-8)10(17)11-9(12(18)19)5-6-20-11/h1-6,10,17H,(H,18,19). The Hall–Kier alpha value is -1.93. The number of furan rings is 1. The van der Waals surface area contributed by atoms with Crippen LogP contribution in [0.15, 0.2) is 45.9 Å². The maximum Gasteiger partial charge on any atom is 0.446 e. The number of thioether (sulfide) groups is 1. The Balaban J connectivity index is 2.22. The van der Waals surface area contributed by atoms with Gasteiger partial charge >= 0.3 is 11.5 Å². The first-order chi connectivity index (χ1) is 9.78. The van der Waals surface area contributed by atoms with Gasteiger partial charge in [0, 0.05) is 4.90 Å². The molecule has 0 saturated carbocycles. The molecule has 0 fully saturated rings. The van der Waals surface area contributed by atoms with E-state index >= 15 is 0 Å². The van der Waals surface area contributed by atoms with Crippen molar-refractivity contribution in [3.8, 4) is 0 Å². The molecular formula is C13H9F3O4S. The van der Waals surface area contributed by atoms with E-state index in [4.69, 9.17) is 9.52 Å². The van der Waals surface area contributed by atoms with Gasteiger partial charge in [0.1, 0.15) is 11.7 Å². The van der Waals surface area contributed by atoms with Gasteiger partial charge in [-0.3, -0.25) is 0 Å². The summed E-state index contributed by atoms with van der Waals surface area (Å²) in [5.41, 5.74) is -4.35. The molecule has 0 bridgehead atoms. The van der Waals surface area contributed by atoms with Crippen molar-refractivity contribution >= 4 is 17.7 Å². The SMILES string of the molecule is O=C(O)c1ccoc1C(O)c1ccc(SC(F)(F)F)cc1. The predicted octanol–water partition coefficient (Wildman–Crippen LogP) is 3.67. The van der Waals surface area contributed by atoms with Crippen LogP contribution in [0.3, 0.4) is 0 Å². The number of benzene rings is 1. The summed E-state index contributed by atoms with van der Waals surface area (Å²) < 4.78 is 41.5. The molecule has 112 valence electrons. The number of hydrogen-bond acceptors (Lipinski definition) is 4. The Morgan fingerprint density at radius 3 is 2.33 bits per heavy atom. The van der Waals surface area contributed by atoms with Crippen LogP contribution in [-0.4, -0.2) is 21.7 Å². The Kier molecular flexibility index (Phi) is 4.29. The fourth-order valence-electron chi connectivity index (χ4n) is 1.71. The van der Waals surface area contributed by atoms with E-state index in [0.29, 0.717) is 0 Å². The highest BCUT2D eigenvalue weighted by atomic mass is 32.2. The first-order valence-electron chi connectivity index (χ1n) is 5.62. The van der Waals surface area contributed by atoms with Crippen LogP contribution in [-0.2, 0) is 0 Å². The van der Waals surface area contributed by atoms with Crippen LogP contribution in [0, 0.1) is 0 Å². The van der Waals surface area contributed by atoms with Crippen molar-refractivity contribution in [3.05, 3.63) is 53.5 Å². The molecule has 4 nitrogen and oxygen atoms in total. The number of aliphatic hydroxyl groups is 1. The second-order valence-electron chi connectivity index (χ2n) is 4.02. The maximum absolute atomic E-state index is 12.2. The Labute approximate surface area is 121 Å². The smallest absolute Gasteiger partial charge is 0.446 e. The van der Waals surface area contributed by atoms with E-state index in [0.717, 1.165) is 6.26 Å². The van der Waals surface area contributed by atoms with Crippen molar-refractivity contribution in [1.29, 1.82) is 0 Å². The van der Waals surface area contributed by atoms with Crippen molar-refractivity contribution in [1.82, 2.24) is 0 Å². The average Bonchev–Trinajstić information content (AvgIpc) is 2.86. The number of aliphatic hydroxyl groups excluding tert-OH is 1. The topological polar surface area (TPSA) is 70.7 Å². The van der Waals surface area contributed by atoms with Crippen molar-refractivity contribution < 1.29 is 32.6 Å². The van der Waals surface area contributed by atoms with Crippen molar-refractivity contribution in [2.75, 3.05) is 0 Å². The summed E-state index contributed by atoms with van der Waals surface area (Å²) in [6.45, 7) is 0. The number of carboxylic acid groups (broad SMARTS) is 1. The Morgan fingerprint density at radius 2 is 1.81 bits per heavy atom.